The lowest BCUT2D eigenvalue weighted by Crippen LogP contribution is -1.96. The topological polar surface area (TPSA) is 51.8 Å². The average molecular weight is 778 g/mol. The molecule has 0 saturated carbocycles. The van der Waals surface area contributed by atoms with Crippen LogP contribution in [0.15, 0.2) is 217 Å². The van der Waals surface area contributed by atoms with Crippen LogP contribution in [0.25, 0.3) is 122 Å². The molecule has 12 aromatic rings. The van der Waals surface area contributed by atoms with Crippen molar-refractivity contribution in [2.75, 3.05) is 0 Å². The van der Waals surface area contributed by atoms with Gasteiger partial charge >= 0.3 is 0 Å². The Labute approximate surface area is 352 Å². The molecule has 0 aliphatic heterocycles. The van der Waals surface area contributed by atoms with Crippen molar-refractivity contribution < 1.29 is 4.42 Å². The summed E-state index contributed by atoms with van der Waals surface area (Å²) in [6.07, 6.45) is 0. The molecular formula is C57H35N3O. The van der Waals surface area contributed by atoms with E-state index in [4.69, 9.17) is 19.4 Å². The SMILES string of the molecule is c1ccc(-c2ccc(-c3nc4ccccc4c4c(-c5cccc(-c6cc(-c7ccc8ccccc8c7)nc(-c7ccccc7)n6)c5)c5c(cc34)oc3ccccc35)cc2)cc1. The van der Waals surface area contributed by atoms with E-state index >= 15 is 0 Å². The summed E-state index contributed by atoms with van der Waals surface area (Å²) in [4.78, 5) is 15.8. The van der Waals surface area contributed by atoms with Gasteiger partial charge < -0.3 is 4.42 Å². The van der Waals surface area contributed by atoms with E-state index in [1.165, 1.54) is 16.3 Å². The van der Waals surface area contributed by atoms with Crippen LogP contribution in [0.5, 0.6) is 0 Å². The zero-order chi connectivity index (χ0) is 40.3. The normalized spacial score (nSPS) is 11.6. The third-order valence-electron chi connectivity index (χ3n) is 11.8. The summed E-state index contributed by atoms with van der Waals surface area (Å²) >= 11 is 0. The zero-order valence-corrected chi connectivity index (χ0v) is 33.0. The standard InChI is InChI=1S/C57H35N3O/c1-3-14-36(15-4-1)38-26-29-39(30-27-38)56-47-34-52-55(46-23-10-12-25-51(46)61-52)53(54(47)45-22-9-11-24-48(45)58-56)44-21-13-20-42(33-44)49-35-50(60-57(59-49)40-17-5-2-6-18-40)43-31-28-37-16-7-8-19-41(37)32-43/h1-35H. The van der Waals surface area contributed by atoms with Crippen LogP contribution < -0.4 is 0 Å². The Kier molecular flexibility index (Phi) is 8.13. The summed E-state index contributed by atoms with van der Waals surface area (Å²) in [5.41, 5.74) is 13.8. The number of furan rings is 1. The third-order valence-corrected chi connectivity index (χ3v) is 11.8. The van der Waals surface area contributed by atoms with Crippen molar-refractivity contribution >= 4 is 54.4 Å². The molecule has 12 rings (SSSR count). The van der Waals surface area contributed by atoms with Gasteiger partial charge in [-0.2, -0.15) is 0 Å². The molecule has 3 aromatic heterocycles. The average Bonchev–Trinajstić information content (AvgIpc) is 3.71. The molecule has 0 N–H and O–H groups in total. The molecular weight excluding hydrogens is 743 g/mol. The van der Waals surface area contributed by atoms with Gasteiger partial charge in [0.15, 0.2) is 5.82 Å². The van der Waals surface area contributed by atoms with Crippen molar-refractivity contribution in [3.63, 3.8) is 0 Å². The van der Waals surface area contributed by atoms with Gasteiger partial charge in [-0.15, -0.1) is 0 Å². The maximum absolute atomic E-state index is 6.73. The van der Waals surface area contributed by atoms with Gasteiger partial charge in [0.05, 0.1) is 22.6 Å². The minimum absolute atomic E-state index is 0.681. The maximum Gasteiger partial charge on any atom is 0.160 e. The van der Waals surface area contributed by atoms with Crippen LogP contribution in [0.3, 0.4) is 0 Å². The Morgan fingerprint density at radius 1 is 0.311 bits per heavy atom. The number of aromatic nitrogens is 3. The first kappa shape index (κ1) is 34.8. The highest BCUT2D eigenvalue weighted by atomic mass is 16.3. The van der Waals surface area contributed by atoms with Crippen LogP contribution in [0.4, 0.5) is 0 Å². The highest BCUT2D eigenvalue weighted by Gasteiger charge is 2.22. The van der Waals surface area contributed by atoms with Gasteiger partial charge in [0.25, 0.3) is 0 Å². The molecule has 3 heterocycles. The summed E-state index contributed by atoms with van der Waals surface area (Å²) in [6.45, 7) is 0. The molecule has 0 aliphatic carbocycles. The molecule has 0 bridgehead atoms. The van der Waals surface area contributed by atoms with Gasteiger partial charge in [0, 0.05) is 54.7 Å². The lowest BCUT2D eigenvalue weighted by molar-refractivity contribution is 0.669. The van der Waals surface area contributed by atoms with E-state index in [0.717, 1.165) is 99.6 Å². The molecule has 0 fully saturated rings. The molecule has 0 unspecified atom stereocenters. The quantitative estimate of drug-likeness (QED) is 0.158. The Balaban J connectivity index is 1.11. The number of fused-ring (bicyclic) bond motifs is 7. The minimum Gasteiger partial charge on any atom is -0.456 e. The molecule has 284 valence electrons. The number of para-hydroxylation sites is 2. The Morgan fingerprint density at radius 3 is 1.70 bits per heavy atom. The van der Waals surface area contributed by atoms with E-state index in [2.05, 4.69) is 182 Å². The minimum atomic E-state index is 0.681. The van der Waals surface area contributed by atoms with Crippen LogP contribution in [-0.4, -0.2) is 15.0 Å². The number of benzene rings is 9. The van der Waals surface area contributed by atoms with Crippen molar-refractivity contribution in [1.82, 2.24) is 15.0 Å². The molecule has 0 aliphatic rings. The van der Waals surface area contributed by atoms with Crippen LogP contribution in [0, 0.1) is 0 Å². The van der Waals surface area contributed by atoms with Gasteiger partial charge in [-0.1, -0.05) is 176 Å². The van der Waals surface area contributed by atoms with Crippen molar-refractivity contribution in [3.8, 4) is 67.4 Å². The van der Waals surface area contributed by atoms with E-state index in [0.29, 0.717) is 5.82 Å². The summed E-state index contributed by atoms with van der Waals surface area (Å²) in [5.74, 6) is 0.681. The first-order valence-corrected chi connectivity index (χ1v) is 20.6. The third kappa shape index (κ3) is 6.04. The fraction of sp³-hybridized carbons (Fsp3) is 0. The first-order chi connectivity index (χ1) is 30.2. The second kappa shape index (κ2) is 14.3. The van der Waals surface area contributed by atoms with Gasteiger partial charge in [-0.25, -0.2) is 15.0 Å². The second-order valence-corrected chi connectivity index (χ2v) is 15.5. The van der Waals surface area contributed by atoms with E-state index in [1.54, 1.807) is 0 Å². The number of hydrogen-bond acceptors (Lipinski definition) is 4. The fourth-order valence-electron chi connectivity index (χ4n) is 8.92. The summed E-state index contributed by atoms with van der Waals surface area (Å²) in [7, 11) is 0. The van der Waals surface area contributed by atoms with Gasteiger partial charge in [0.1, 0.15) is 11.2 Å². The summed E-state index contributed by atoms with van der Waals surface area (Å²) in [6, 6.07) is 74.4. The van der Waals surface area contributed by atoms with E-state index < -0.39 is 0 Å². The highest BCUT2D eigenvalue weighted by molar-refractivity contribution is 6.27. The second-order valence-electron chi connectivity index (χ2n) is 15.5. The van der Waals surface area contributed by atoms with Crippen molar-refractivity contribution in [1.29, 1.82) is 0 Å². The number of hydrogen-bond donors (Lipinski definition) is 0. The van der Waals surface area contributed by atoms with Gasteiger partial charge in [-0.3, -0.25) is 0 Å². The van der Waals surface area contributed by atoms with E-state index in [9.17, 15) is 0 Å². The zero-order valence-electron chi connectivity index (χ0n) is 33.0. The number of rotatable bonds is 6. The number of pyridine rings is 1. The van der Waals surface area contributed by atoms with Crippen molar-refractivity contribution in [2.24, 2.45) is 0 Å². The largest absolute Gasteiger partial charge is 0.456 e. The molecule has 4 nitrogen and oxygen atoms in total. The highest BCUT2D eigenvalue weighted by Crippen LogP contribution is 2.47. The molecule has 61 heavy (non-hydrogen) atoms. The Bertz CT molecular complexity index is 3630. The lowest BCUT2D eigenvalue weighted by atomic mass is 9.88. The monoisotopic (exact) mass is 777 g/mol. The molecule has 0 atom stereocenters. The van der Waals surface area contributed by atoms with Crippen molar-refractivity contribution in [2.45, 2.75) is 0 Å². The summed E-state index contributed by atoms with van der Waals surface area (Å²) < 4.78 is 6.73. The maximum atomic E-state index is 6.73. The van der Waals surface area contributed by atoms with Crippen LogP contribution >= 0.6 is 0 Å². The Hall–Kier alpha value is -8.21. The smallest absolute Gasteiger partial charge is 0.160 e. The first-order valence-electron chi connectivity index (χ1n) is 20.6. The van der Waals surface area contributed by atoms with Gasteiger partial charge in [-0.05, 0) is 63.9 Å². The van der Waals surface area contributed by atoms with Gasteiger partial charge in [0.2, 0.25) is 0 Å². The van der Waals surface area contributed by atoms with Crippen LogP contribution in [-0.2, 0) is 0 Å². The fourth-order valence-corrected chi connectivity index (χ4v) is 8.92. The molecule has 0 amide bonds. The van der Waals surface area contributed by atoms with Crippen LogP contribution in [0.1, 0.15) is 0 Å². The predicted molar refractivity (Wildman–Crippen MR) is 252 cm³/mol. The molecule has 0 spiro atoms. The van der Waals surface area contributed by atoms with Crippen LogP contribution in [0.2, 0.25) is 0 Å². The van der Waals surface area contributed by atoms with Crippen molar-refractivity contribution in [3.05, 3.63) is 212 Å². The molecule has 0 saturated heterocycles. The molecule has 0 radical (unpaired) electrons. The van der Waals surface area contributed by atoms with E-state index in [1.807, 2.05) is 30.3 Å². The Morgan fingerprint density at radius 2 is 0.902 bits per heavy atom. The predicted octanol–water partition coefficient (Wildman–Crippen LogP) is 15.2. The summed E-state index contributed by atoms with van der Waals surface area (Å²) in [5, 5.41) is 7.76. The molecule has 9 aromatic carbocycles. The lowest BCUT2D eigenvalue weighted by Gasteiger charge is -2.16. The molecule has 4 heteroatoms. The van der Waals surface area contributed by atoms with E-state index in [-0.39, 0.29) is 0 Å². The number of nitrogens with zero attached hydrogens (tertiary/aromatic N) is 3.